The van der Waals surface area contributed by atoms with Gasteiger partial charge in [0.15, 0.2) is 5.75 Å². The molecule has 2 nitrogen and oxygen atoms in total. The van der Waals surface area contributed by atoms with Crippen LogP contribution in [0.5, 0.6) is 5.75 Å². The van der Waals surface area contributed by atoms with E-state index in [1.54, 1.807) is 17.0 Å². The van der Waals surface area contributed by atoms with E-state index in [0.717, 1.165) is 5.75 Å². The fraction of sp³-hybridized carbons (Fsp3) is 0.167. The minimum absolute atomic E-state index is 0.845. The fourth-order valence-electron chi connectivity index (χ4n) is 1.23. The normalized spacial score (nSPS) is 10.1. The van der Waals surface area contributed by atoms with Gasteiger partial charge in [-0.15, -0.1) is 0 Å². The Kier molecular flexibility index (Phi) is 2.27. The van der Waals surface area contributed by atoms with Crippen LogP contribution in [0, 0.1) is 19.9 Å². The Labute approximate surface area is 83.7 Å². The molecule has 2 aromatic rings. The molecule has 1 aromatic carbocycles. The van der Waals surface area contributed by atoms with Gasteiger partial charge in [0.05, 0.1) is 6.20 Å². The van der Waals surface area contributed by atoms with Crippen LogP contribution in [0.4, 0.5) is 0 Å². The number of nitrogens with zero attached hydrogens (tertiary/aromatic N) is 1. The summed E-state index contributed by atoms with van der Waals surface area (Å²) in [6.45, 7) is 4.16. The van der Waals surface area contributed by atoms with Crippen molar-refractivity contribution in [1.29, 1.82) is 0 Å². The van der Waals surface area contributed by atoms with Gasteiger partial charge in [0.2, 0.25) is 0 Å². The summed E-state index contributed by atoms with van der Waals surface area (Å²) in [7, 11) is 0. The van der Waals surface area contributed by atoms with Gasteiger partial charge in [0.25, 0.3) is 0 Å². The summed E-state index contributed by atoms with van der Waals surface area (Å²) < 4.78 is 1.63. The van der Waals surface area contributed by atoms with Gasteiger partial charge in [0, 0.05) is 12.3 Å². The molecule has 14 heavy (non-hydrogen) atoms. The van der Waals surface area contributed by atoms with E-state index < -0.39 is 0 Å². The topological polar surface area (TPSA) is 14.2 Å². The molecule has 1 aromatic heterocycles. The van der Waals surface area contributed by atoms with E-state index in [-0.39, 0.29) is 0 Å². The number of aromatic nitrogens is 1. The van der Waals surface area contributed by atoms with E-state index in [4.69, 9.17) is 4.84 Å². The third-order valence-corrected chi connectivity index (χ3v) is 2.21. The Morgan fingerprint density at radius 1 is 1.21 bits per heavy atom. The Morgan fingerprint density at radius 3 is 2.71 bits per heavy atom. The molecule has 0 unspecified atom stereocenters. The molecule has 2 rings (SSSR count). The van der Waals surface area contributed by atoms with Crippen LogP contribution < -0.4 is 4.84 Å². The van der Waals surface area contributed by atoms with Gasteiger partial charge in [-0.2, -0.15) is 4.73 Å². The SMILES string of the molecule is Cc1ccc(On2c[c]cc2)cc1C. The fourth-order valence-corrected chi connectivity index (χ4v) is 1.23. The zero-order valence-electron chi connectivity index (χ0n) is 8.32. The number of hydrogen-bond acceptors (Lipinski definition) is 1. The molecule has 0 fully saturated rings. The highest BCUT2D eigenvalue weighted by molar-refractivity contribution is 5.33. The second-order valence-corrected chi connectivity index (χ2v) is 3.31. The zero-order chi connectivity index (χ0) is 9.97. The molecule has 0 aliphatic carbocycles. The molecule has 0 aliphatic rings. The Morgan fingerprint density at radius 2 is 2.07 bits per heavy atom. The van der Waals surface area contributed by atoms with Crippen LogP contribution in [-0.2, 0) is 0 Å². The van der Waals surface area contributed by atoms with Crippen molar-refractivity contribution < 1.29 is 4.84 Å². The molecule has 0 amide bonds. The first kappa shape index (κ1) is 8.88. The van der Waals surface area contributed by atoms with Crippen molar-refractivity contribution in [3.63, 3.8) is 0 Å². The highest BCUT2D eigenvalue weighted by Gasteiger charge is 1.97. The maximum atomic E-state index is 5.54. The lowest BCUT2D eigenvalue weighted by molar-refractivity contribution is 0.217. The van der Waals surface area contributed by atoms with Gasteiger partial charge < -0.3 is 4.84 Å². The lowest BCUT2D eigenvalue weighted by Gasteiger charge is -2.07. The third kappa shape index (κ3) is 1.79. The van der Waals surface area contributed by atoms with Gasteiger partial charge in [-0.3, -0.25) is 0 Å². The summed E-state index contributed by atoms with van der Waals surface area (Å²) in [6, 6.07) is 10.8. The second-order valence-electron chi connectivity index (χ2n) is 3.31. The van der Waals surface area contributed by atoms with Gasteiger partial charge in [0.1, 0.15) is 0 Å². The molecule has 0 spiro atoms. The molecule has 0 aliphatic heterocycles. The monoisotopic (exact) mass is 186 g/mol. The van der Waals surface area contributed by atoms with E-state index in [2.05, 4.69) is 26.0 Å². The molecule has 1 heterocycles. The molecule has 2 heteroatoms. The summed E-state index contributed by atoms with van der Waals surface area (Å²) in [5.74, 6) is 0.845. The maximum Gasteiger partial charge on any atom is 0.156 e. The van der Waals surface area contributed by atoms with Crippen molar-refractivity contribution in [3.05, 3.63) is 53.9 Å². The van der Waals surface area contributed by atoms with E-state index in [1.807, 2.05) is 18.3 Å². The summed E-state index contributed by atoms with van der Waals surface area (Å²) in [5.41, 5.74) is 2.51. The van der Waals surface area contributed by atoms with Crippen molar-refractivity contribution >= 4 is 0 Å². The molecule has 0 saturated heterocycles. The predicted octanol–water partition coefficient (Wildman–Crippen LogP) is 2.75. The van der Waals surface area contributed by atoms with E-state index >= 15 is 0 Å². The smallest absolute Gasteiger partial charge is 0.156 e. The number of aryl methyl sites for hydroxylation is 2. The highest BCUT2D eigenvalue weighted by Crippen LogP contribution is 2.16. The van der Waals surface area contributed by atoms with Crippen LogP contribution in [0.2, 0.25) is 0 Å². The first-order chi connectivity index (χ1) is 6.75. The van der Waals surface area contributed by atoms with Crippen molar-refractivity contribution in [2.75, 3.05) is 0 Å². The van der Waals surface area contributed by atoms with Crippen molar-refractivity contribution in [2.24, 2.45) is 0 Å². The van der Waals surface area contributed by atoms with E-state index in [9.17, 15) is 0 Å². The number of benzene rings is 1. The Bertz CT molecular complexity index is 418. The highest BCUT2D eigenvalue weighted by atomic mass is 16.7. The zero-order valence-corrected chi connectivity index (χ0v) is 8.32. The summed E-state index contributed by atoms with van der Waals surface area (Å²) in [5, 5.41) is 0. The van der Waals surface area contributed by atoms with E-state index in [0.29, 0.717) is 0 Å². The summed E-state index contributed by atoms with van der Waals surface area (Å²) >= 11 is 0. The molecule has 0 bridgehead atoms. The van der Waals surface area contributed by atoms with Crippen LogP contribution >= 0.6 is 0 Å². The van der Waals surface area contributed by atoms with Crippen LogP contribution in [0.3, 0.4) is 0 Å². The van der Waals surface area contributed by atoms with Crippen LogP contribution in [0.15, 0.2) is 36.7 Å². The molecule has 0 N–H and O–H groups in total. The molecule has 1 radical (unpaired) electrons. The van der Waals surface area contributed by atoms with Crippen LogP contribution in [0.1, 0.15) is 11.1 Å². The Balaban J connectivity index is 2.22. The third-order valence-electron chi connectivity index (χ3n) is 2.21. The van der Waals surface area contributed by atoms with Gasteiger partial charge in [-0.1, -0.05) is 6.07 Å². The minimum atomic E-state index is 0.845. The molecule has 71 valence electrons. The van der Waals surface area contributed by atoms with Crippen LogP contribution in [-0.4, -0.2) is 4.73 Å². The van der Waals surface area contributed by atoms with Crippen molar-refractivity contribution in [1.82, 2.24) is 4.73 Å². The second kappa shape index (κ2) is 3.58. The summed E-state index contributed by atoms with van der Waals surface area (Å²) in [6.07, 6.45) is 3.56. The average Bonchev–Trinajstić information content (AvgIpc) is 2.64. The van der Waals surface area contributed by atoms with Crippen LogP contribution in [0.25, 0.3) is 0 Å². The molecular formula is C12H12NO. The molecule has 0 atom stereocenters. The largest absolute Gasteiger partial charge is 0.376 e. The molecular weight excluding hydrogens is 174 g/mol. The number of hydrogen-bond donors (Lipinski definition) is 0. The quantitative estimate of drug-likeness (QED) is 0.703. The molecule has 0 saturated carbocycles. The first-order valence-corrected chi connectivity index (χ1v) is 4.55. The summed E-state index contributed by atoms with van der Waals surface area (Å²) in [4.78, 5) is 5.54. The predicted molar refractivity (Wildman–Crippen MR) is 55.2 cm³/mol. The lowest BCUT2D eigenvalue weighted by atomic mass is 10.1. The van der Waals surface area contributed by atoms with Gasteiger partial charge >= 0.3 is 0 Å². The number of rotatable bonds is 2. The standard InChI is InChI=1S/C12H12NO/c1-10-5-6-12(9-11(10)2)14-13-7-3-4-8-13/h3,5-9H,1-2H3. The van der Waals surface area contributed by atoms with E-state index in [1.165, 1.54) is 11.1 Å². The maximum absolute atomic E-state index is 5.54. The Hall–Kier alpha value is -1.70. The first-order valence-electron chi connectivity index (χ1n) is 4.55. The van der Waals surface area contributed by atoms with Gasteiger partial charge in [-0.25, -0.2) is 0 Å². The van der Waals surface area contributed by atoms with Crippen molar-refractivity contribution in [2.45, 2.75) is 13.8 Å². The lowest BCUT2D eigenvalue weighted by Crippen LogP contribution is -2.01. The van der Waals surface area contributed by atoms with Gasteiger partial charge in [-0.05, 0) is 43.2 Å². The minimum Gasteiger partial charge on any atom is -0.376 e. The van der Waals surface area contributed by atoms with Crippen molar-refractivity contribution in [3.8, 4) is 5.75 Å². The average molecular weight is 186 g/mol.